The second-order valence-corrected chi connectivity index (χ2v) is 6.85. The minimum Gasteiger partial charge on any atom is -0.322 e. The predicted octanol–water partition coefficient (Wildman–Crippen LogP) is 3.25. The SMILES string of the molecule is N/N=C\N(N)CC(c1ccc(F)cc1F)C(F)(F)c1cnc(C#Cc2ccc(F)cc2)cn1. The van der Waals surface area contributed by atoms with Gasteiger partial charge in [0.25, 0.3) is 5.92 Å². The maximum atomic E-state index is 15.4. The fourth-order valence-electron chi connectivity index (χ4n) is 2.95. The molecule has 0 amide bonds. The van der Waals surface area contributed by atoms with Crippen molar-refractivity contribution in [1.29, 1.82) is 0 Å². The van der Waals surface area contributed by atoms with Gasteiger partial charge in [-0.25, -0.2) is 24.0 Å². The molecular formula is C22H17F5N6. The highest BCUT2D eigenvalue weighted by Crippen LogP contribution is 2.42. The lowest BCUT2D eigenvalue weighted by molar-refractivity contribution is -0.0446. The smallest absolute Gasteiger partial charge is 0.299 e. The van der Waals surface area contributed by atoms with Crippen molar-refractivity contribution >= 4 is 6.34 Å². The van der Waals surface area contributed by atoms with Crippen LogP contribution in [0.15, 0.2) is 60.0 Å². The molecule has 0 saturated carbocycles. The van der Waals surface area contributed by atoms with E-state index in [0.29, 0.717) is 11.6 Å². The minimum absolute atomic E-state index is 0.0825. The Morgan fingerprint density at radius 2 is 1.70 bits per heavy atom. The van der Waals surface area contributed by atoms with Crippen molar-refractivity contribution in [3.63, 3.8) is 0 Å². The Balaban J connectivity index is 1.92. The number of alkyl halides is 2. The van der Waals surface area contributed by atoms with Gasteiger partial charge in [0.1, 0.15) is 35.2 Å². The lowest BCUT2D eigenvalue weighted by Crippen LogP contribution is -2.40. The van der Waals surface area contributed by atoms with Crippen LogP contribution < -0.4 is 11.7 Å². The number of hydrazone groups is 1. The molecular weight excluding hydrogens is 443 g/mol. The number of nitrogens with two attached hydrogens (primary N) is 2. The number of hydrogen-bond donors (Lipinski definition) is 2. The first-order valence-corrected chi connectivity index (χ1v) is 9.38. The van der Waals surface area contributed by atoms with Crippen LogP contribution in [0.25, 0.3) is 0 Å². The monoisotopic (exact) mass is 460 g/mol. The van der Waals surface area contributed by atoms with Crippen LogP contribution in [0.4, 0.5) is 22.0 Å². The highest BCUT2D eigenvalue weighted by atomic mass is 19.3. The summed E-state index contributed by atoms with van der Waals surface area (Å²) in [6.45, 7) is -0.621. The van der Waals surface area contributed by atoms with Crippen molar-refractivity contribution in [2.75, 3.05) is 6.54 Å². The maximum absolute atomic E-state index is 15.4. The molecule has 0 spiro atoms. The van der Waals surface area contributed by atoms with Gasteiger partial charge in [0.2, 0.25) is 0 Å². The van der Waals surface area contributed by atoms with Crippen molar-refractivity contribution in [3.05, 3.63) is 94.8 Å². The first-order chi connectivity index (χ1) is 15.7. The molecule has 3 aromatic rings. The molecule has 0 aliphatic rings. The summed E-state index contributed by atoms with van der Waals surface area (Å²) < 4.78 is 71.5. The van der Waals surface area contributed by atoms with Crippen molar-refractivity contribution < 1.29 is 22.0 Å². The van der Waals surface area contributed by atoms with Gasteiger partial charge in [0.15, 0.2) is 0 Å². The van der Waals surface area contributed by atoms with E-state index >= 15 is 8.78 Å². The Hall–Kier alpha value is -4.04. The van der Waals surface area contributed by atoms with Gasteiger partial charge in [-0.2, -0.15) is 13.9 Å². The van der Waals surface area contributed by atoms with E-state index in [-0.39, 0.29) is 5.69 Å². The summed E-state index contributed by atoms with van der Waals surface area (Å²) in [6, 6.07) is 7.61. The summed E-state index contributed by atoms with van der Waals surface area (Å²) in [6.07, 6.45) is 2.71. The van der Waals surface area contributed by atoms with E-state index in [1.165, 1.54) is 24.3 Å². The summed E-state index contributed by atoms with van der Waals surface area (Å²) in [4.78, 5) is 7.61. The largest absolute Gasteiger partial charge is 0.322 e. The van der Waals surface area contributed by atoms with Crippen LogP contribution in [0.1, 0.15) is 28.4 Å². The maximum Gasteiger partial charge on any atom is 0.299 e. The van der Waals surface area contributed by atoms with Gasteiger partial charge in [0, 0.05) is 18.2 Å². The number of nitrogens with zero attached hydrogens (tertiary/aromatic N) is 4. The van der Waals surface area contributed by atoms with E-state index in [9.17, 15) is 13.2 Å². The lowest BCUT2D eigenvalue weighted by Gasteiger charge is -2.29. The van der Waals surface area contributed by atoms with Gasteiger partial charge in [-0.3, -0.25) is 9.99 Å². The normalized spacial score (nSPS) is 12.3. The van der Waals surface area contributed by atoms with Crippen molar-refractivity contribution in [1.82, 2.24) is 15.0 Å². The standard InChI is InChI=1S/C22H17F5N6/c23-15-4-1-14(2-5-15)3-7-17-10-31-21(11-30-17)22(26,27)19(12-33(29)13-32-28)18-8-6-16(24)9-20(18)25/h1-2,4-6,8-11,13,19H,12,28-29H2/b32-13-. The summed E-state index contributed by atoms with van der Waals surface area (Å²) in [5.41, 5.74) is -0.686. The van der Waals surface area contributed by atoms with Gasteiger partial charge in [-0.05, 0) is 41.8 Å². The third-order valence-corrected chi connectivity index (χ3v) is 4.56. The lowest BCUT2D eigenvalue weighted by atomic mass is 9.89. The van der Waals surface area contributed by atoms with E-state index in [0.717, 1.165) is 35.9 Å². The van der Waals surface area contributed by atoms with Crippen LogP contribution in [-0.2, 0) is 5.92 Å². The molecule has 170 valence electrons. The predicted molar refractivity (Wildman–Crippen MR) is 111 cm³/mol. The number of hydrogen-bond acceptors (Lipinski definition) is 5. The number of benzene rings is 2. The van der Waals surface area contributed by atoms with E-state index in [2.05, 4.69) is 26.9 Å². The minimum atomic E-state index is -3.77. The van der Waals surface area contributed by atoms with E-state index in [4.69, 9.17) is 11.7 Å². The van der Waals surface area contributed by atoms with E-state index in [1.807, 2.05) is 0 Å². The molecule has 6 nitrogen and oxygen atoms in total. The Morgan fingerprint density at radius 1 is 1.00 bits per heavy atom. The molecule has 4 N–H and O–H groups in total. The molecule has 2 aromatic carbocycles. The van der Waals surface area contributed by atoms with E-state index < -0.39 is 47.1 Å². The molecule has 33 heavy (non-hydrogen) atoms. The molecule has 0 aliphatic carbocycles. The first-order valence-electron chi connectivity index (χ1n) is 9.38. The zero-order valence-corrected chi connectivity index (χ0v) is 16.9. The topological polar surface area (TPSA) is 93.4 Å². The molecule has 0 bridgehead atoms. The van der Waals surface area contributed by atoms with Crippen molar-refractivity contribution in [3.8, 4) is 11.8 Å². The summed E-state index contributed by atoms with van der Waals surface area (Å²) >= 11 is 0. The van der Waals surface area contributed by atoms with Crippen molar-refractivity contribution in [2.45, 2.75) is 11.8 Å². The average Bonchev–Trinajstić information content (AvgIpc) is 2.78. The molecule has 1 unspecified atom stereocenters. The number of aromatic nitrogens is 2. The fourth-order valence-corrected chi connectivity index (χ4v) is 2.95. The zero-order valence-electron chi connectivity index (χ0n) is 16.9. The van der Waals surface area contributed by atoms with Gasteiger partial charge >= 0.3 is 0 Å². The Bertz CT molecular complexity index is 1190. The highest BCUT2D eigenvalue weighted by Gasteiger charge is 2.45. The van der Waals surface area contributed by atoms with Crippen LogP contribution >= 0.6 is 0 Å². The van der Waals surface area contributed by atoms with Crippen LogP contribution in [-0.4, -0.2) is 27.9 Å². The van der Waals surface area contributed by atoms with Crippen LogP contribution in [0.5, 0.6) is 0 Å². The highest BCUT2D eigenvalue weighted by molar-refractivity contribution is 5.53. The Morgan fingerprint density at radius 3 is 2.30 bits per heavy atom. The van der Waals surface area contributed by atoms with Gasteiger partial charge in [-0.1, -0.05) is 12.0 Å². The van der Waals surface area contributed by atoms with Crippen LogP contribution in [0.2, 0.25) is 0 Å². The van der Waals surface area contributed by atoms with E-state index in [1.54, 1.807) is 0 Å². The second kappa shape index (κ2) is 10.1. The average molecular weight is 460 g/mol. The molecule has 3 rings (SSSR count). The Labute approximate surface area is 185 Å². The number of rotatable bonds is 6. The van der Waals surface area contributed by atoms with Crippen LogP contribution in [0.3, 0.4) is 0 Å². The number of halogens is 5. The zero-order chi connectivity index (χ0) is 24.0. The van der Waals surface area contributed by atoms with Gasteiger partial charge in [-0.15, -0.1) is 0 Å². The molecule has 1 aromatic heterocycles. The van der Waals surface area contributed by atoms with Gasteiger partial charge < -0.3 is 5.84 Å². The third kappa shape index (κ3) is 5.81. The molecule has 0 aliphatic heterocycles. The summed E-state index contributed by atoms with van der Waals surface area (Å²) in [7, 11) is 0. The molecule has 1 heterocycles. The fraction of sp³-hybridized carbons (Fsp3) is 0.136. The summed E-state index contributed by atoms with van der Waals surface area (Å²) in [5, 5.41) is 3.90. The molecule has 0 radical (unpaired) electrons. The van der Waals surface area contributed by atoms with Crippen molar-refractivity contribution in [2.24, 2.45) is 16.8 Å². The third-order valence-electron chi connectivity index (χ3n) is 4.56. The summed E-state index contributed by atoms with van der Waals surface area (Å²) in [5.74, 6) is 7.76. The Kier molecular flexibility index (Phi) is 7.20. The quantitative estimate of drug-likeness (QED) is 0.147. The first kappa shape index (κ1) is 23.6. The van der Waals surface area contributed by atoms with Crippen LogP contribution in [0, 0.1) is 29.3 Å². The molecule has 0 saturated heterocycles. The molecule has 11 heteroatoms. The number of hydrazine groups is 1. The second-order valence-electron chi connectivity index (χ2n) is 6.85. The molecule has 1 atom stereocenters. The van der Waals surface area contributed by atoms with Gasteiger partial charge in [0.05, 0.1) is 18.3 Å². The molecule has 0 fully saturated rings.